The van der Waals surface area contributed by atoms with E-state index in [1.807, 2.05) is 0 Å². The predicted octanol–water partition coefficient (Wildman–Crippen LogP) is 11.0. The van der Waals surface area contributed by atoms with E-state index in [0.29, 0.717) is 0 Å². The Labute approximate surface area is 329 Å². The van der Waals surface area contributed by atoms with Crippen molar-refractivity contribution in [3.8, 4) is 11.1 Å². The summed E-state index contributed by atoms with van der Waals surface area (Å²) in [6.07, 6.45) is 0. The molecule has 9 aromatic carbocycles. The van der Waals surface area contributed by atoms with Crippen LogP contribution >= 0.6 is 0 Å². The first-order valence-corrected chi connectivity index (χ1v) is 21.9. The van der Waals surface area contributed by atoms with E-state index in [4.69, 9.17) is 0 Å². The van der Waals surface area contributed by atoms with Crippen molar-refractivity contribution in [3.63, 3.8) is 0 Å². The molecule has 0 saturated carbocycles. The monoisotopic (exact) mass is 738 g/mol. The van der Waals surface area contributed by atoms with Crippen molar-refractivity contribution in [3.05, 3.63) is 206 Å². The lowest BCUT2D eigenvalue weighted by molar-refractivity contribution is 1.36. The van der Waals surface area contributed by atoms with Crippen molar-refractivity contribution in [1.82, 2.24) is 8.80 Å². The number of fused-ring (bicyclic) bond motifs is 12. The molecule has 264 valence electrons. The molecule has 0 fully saturated rings. The fourth-order valence-corrected chi connectivity index (χ4v) is 15.8. The summed E-state index contributed by atoms with van der Waals surface area (Å²) in [7, 11) is -2.96. The Kier molecular flexibility index (Phi) is 6.22. The number of benzene rings is 9. The molecule has 0 unspecified atom stereocenters. The van der Waals surface area contributed by atoms with Crippen LogP contribution in [0.4, 0.5) is 0 Å². The zero-order valence-electron chi connectivity index (χ0n) is 31.0. The van der Waals surface area contributed by atoms with E-state index in [9.17, 15) is 0 Å². The van der Waals surface area contributed by atoms with Crippen molar-refractivity contribution in [2.75, 3.05) is 0 Å². The standard InChI is InChI=1S/C54H34N2Si/c1-4-18-35(19-5-1)57(36-20-6-2-7-21-36,37-22-8-3-9-23-37)49-33-15-12-26-43(49)51-50-44-30-17-28-41-38-24-10-13-31-46(38)55(53(41)44)48(50)34-45-42-29-16-27-40-39-25-11-14-32-47(39)56(52(40)42)54(45)51/h1-34H. The third kappa shape index (κ3) is 3.89. The van der Waals surface area contributed by atoms with Gasteiger partial charge in [-0.1, -0.05) is 188 Å². The summed E-state index contributed by atoms with van der Waals surface area (Å²) in [4.78, 5) is 0. The number of hydrogen-bond donors (Lipinski definition) is 0. The van der Waals surface area contributed by atoms with E-state index in [2.05, 4.69) is 215 Å². The normalized spacial score (nSPS) is 12.6. The van der Waals surface area contributed by atoms with Gasteiger partial charge in [0.2, 0.25) is 0 Å². The molecule has 0 spiro atoms. The SMILES string of the molecule is c1ccc([Si](c2ccccc2)(c2ccccc2)c2ccccc2-c2c3c4cccc5c6ccccc6n(c3cc3c6cccc7c8ccccc8n(c23)c76)c54)cc1. The Hall–Kier alpha value is -7.20. The van der Waals surface area contributed by atoms with Crippen molar-refractivity contribution in [2.24, 2.45) is 0 Å². The number of aromatic nitrogens is 2. The molecule has 0 atom stereocenters. The summed E-state index contributed by atoms with van der Waals surface area (Å²) in [6, 6.07) is 77.7. The topological polar surface area (TPSA) is 8.82 Å². The number of hydrogen-bond acceptors (Lipinski definition) is 0. The third-order valence-corrected chi connectivity index (χ3v) is 17.8. The molecule has 0 saturated heterocycles. The minimum absolute atomic E-state index is 1.25. The molecule has 3 heteroatoms. The minimum atomic E-state index is -2.96. The lowest BCUT2D eigenvalue weighted by Gasteiger charge is -2.36. The van der Waals surface area contributed by atoms with Crippen LogP contribution in [0.15, 0.2) is 206 Å². The first kappa shape index (κ1) is 31.0. The maximum Gasteiger partial charge on any atom is 0.180 e. The Bertz CT molecular complexity index is 3570. The van der Waals surface area contributed by atoms with Crippen molar-refractivity contribution in [1.29, 1.82) is 0 Å². The highest BCUT2D eigenvalue weighted by atomic mass is 28.3. The van der Waals surface area contributed by atoms with Gasteiger partial charge in [-0.3, -0.25) is 0 Å². The summed E-state index contributed by atoms with van der Waals surface area (Å²) in [5.41, 5.74) is 10.2. The molecule has 13 aromatic rings. The Morgan fingerprint density at radius 3 is 1.33 bits per heavy atom. The molecular weight excluding hydrogens is 705 g/mol. The van der Waals surface area contributed by atoms with Crippen LogP contribution in [0, 0.1) is 0 Å². The van der Waals surface area contributed by atoms with E-state index < -0.39 is 8.07 Å². The fraction of sp³-hybridized carbons (Fsp3) is 0. The van der Waals surface area contributed by atoms with Gasteiger partial charge in [0.25, 0.3) is 0 Å². The molecule has 0 aliphatic rings. The average Bonchev–Trinajstić information content (AvgIpc) is 4.01. The predicted molar refractivity (Wildman–Crippen MR) is 245 cm³/mol. The van der Waals surface area contributed by atoms with Gasteiger partial charge in [0.1, 0.15) is 0 Å². The minimum Gasteiger partial charge on any atom is -0.308 e. The van der Waals surface area contributed by atoms with Gasteiger partial charge in [0.15, 0.2) is 8.07 Å². The van der Waals surface area contributed by atoms with Gasteiger partial charge < -0.3 is 8.80 Å². The van der Waals surface area contributed by atoms with Gasteiger partial charge in [0.05, 0.1) is 33.1 Å². The zero-order chi connectivity index (χ0) is 37.2. The number of para-hydroxylation sites is 4. The van der Waals surface area contributed by atoms with Gasteiger partial charge in [-0.25, -0.2) is 0 Å². The summed E-state index contributed by atoms with van der Waals surface area (Å²) in [6.45, 7) is 0. The third-order valence-electron chi connectivity index (χ3n) is 12.9. The highest BCUT2D eigenvalue weighted by molar-refractivity contribution is 7.20. The van der Waals surface area contributed by atoms with Crippen LogP contribution in [0.2, 0.25) is 0 Å². The highest BCUT2D eigenvalue weighted by Crippen LogP contribution is 2.49. The van der Waals surface area contributed by atoms with Crippen molar-refractivity contribution >= 4 is 105 Å². The largest absolute Gasteiger partial charge is 0.308 e. The van der Waals surface area contributed by atoms with Crippen LogP contribution in [-0.2, 0) is 0 Å². The second-order valence-electron chi connectivity index (χ2n) is 15.5. The molecule has 57 heavy (non-hydrogen) atoms. The fourth-order valence-electron chi connectivity index (χ4n) is 10.8. The van der Waals surface area contributed by atoms with E-state index in [0.717, 1.165) is 0 Å². The first-order chi connectivity index (χ1) is 28.3. The molecule has 0 amide bonds. The van der Waals surface area contributed by atoms with Crippen LogP contribution in [0.1, 0.15) is 0 Å². The average molecular weight is 739 g/mol. The quantitative estimate of drug-likeness (QED) is 0.123. The van der Waals surface area contributed by atoms with Crippen LogP contribution < -0.4 is 20.7 Å². The van der Waals surface area contributed by atoms with Crippen LogP contribution in [-0.4, -0.2) is 16.9 Å². The van der Waals surface area contributed by atoms with Gasteiger partial charge in [-0.05, 0) is 44.5 Å². The first-order valence-electron chi connectivity index (χ1n) is 19.9. The molecule has 13 rings (SSSR count). The van der Waals surface area contributed by atoms with E-state index in [1.54, 1.807) is 0 Å². The lowest BCUT2D eigenvalue weighted by atomic mass is 9.95. The van der Waals surface area contributed by atoms with Gasteiger partial charge in [-0.15, -0.1) is 0 Å². The summed E-state index contributed by atoms with van der Waals surface area (Å²) < 4.78 is 5.16. The molecule has 0 aliphatic heterocycles. The van der Waals surface area contributed by atoms with Crippen LogP contribution in [0.25, 0.3) is 87.3 Å². The van der Waals surface area contributed by atoms with Gasteiger partial charge >= 0.3 is 0 Å². The molecule has 2 nitrogen and oxygen atoms in total. The lowest BCUT2D eigenvalue weighted by Crippen LogP contribution is -2.75. The van der Waals surface area contributed by atoms with Gasteiger partial charge in [-0.2, -0.15) is 0 Å². The Balaban J connectivity index is 1.32. The second kappa shape index (κ2) is 11.4. The van der Waals surface area contributed by atoms with E-state index >= 15 is 0 Å². The molecule has 0 N–H and O–H groups in total. The number of nitrogens with zero attached hydrogens (tertiary/aromatic N) is 2. The smallest absolute Gasteiger partial charge is 0.180 e. The van der Waals surface area contributed by atoms with Crippen molar-refractivity contribution < 1.29 is 0 Å². The molecule has 0 radical (unpaired) electrons. The Morgan fingerprint density at radius 2 is 0.737 bits per heavy atom. The summed E-state index contributed by atoms with van der Waals surface area (Å²) >= 11 is 0. The molecular formula is C54H34N2Si. The maximum atomic E-state index is 2.60. The van der Waals surface area contributed by atoms with Crippen molar-refractivity contribution in [2.45, 2.75) is 0 Å². The molecule has 0 bridgehead atoms. The van der Waals surface area contributed by atoms with Gasteiger partial charge in [0, 0.05) is 48.7 Å². The van der Waals surface area contributed by atoms with Crippen LogP contribution in [0.3, 0.4) is 0 Å². The van der Waals surface area contributed by atoms with Crippen LogP contribution in [0.5, 0.6) is 0 Å². The molecule has 4 aromatic heterocycles. The van der Waals surface area contributed by atoms with E-state index in [-0.39, 0.29) is 0 Å². The second-order valence-corrected chi connectivity index (χ2v) is 19.3. The van der Waals surface area contributed by atoms with E-state index in [1.165, 1.54) is 108 Å². The molecule has 0 aliphatic carbocycles. The maximum absolute atomic E-state index is 2.96. The summed E-state index contributed by atoms with van der Waals surface area (Å²) in [5.74, 6) is 0. The molecule has 4 heterocycles. The summed E-state index contributed by atoms with van der Waals surface area (Å²) in [5, 5.41) is 15.9. The highest BCUT2D eigenvalue weighted by Gasteiger charge is 2.43. The zero-order valence-corrected chi connectivity index (χ0v) is 32.0. The number of rotatable bonds is 5. The Morgan fingerprint density at radius 1 is 0.298 bits per heavy atom.